The second-order valence-corrected chi connectivity index (χ2v) is 6.41. The summed E-state index contributed by atoms with van der Waals surface area (Å²) in [6, 6.07) is 3.82. The molecule has 0 heterocycles. The average molecular weight is 293 g/mol. The highest BCUT2D eigenvalue weighted by molar-refractivity contribution is 7.89. The molecule has 0 bridgehead atoms. The first-order chi connectivity index (χ1) is 8.22. The van der Waals surface area contributed by atoms with Crippen molar-refractivity contribution in [3.05, 3.63) is 23.2 Å². The third-order valence-electron chi connectivity index (χ3n) is 2.31. The maximum absolute atomic E-state index is 12.0. The first-order valence-corrected chi connectivity index (χ1v) is 7.34. The van der Waals surface area contributed by atoms with E-state index < -0.39 is 16.1 Å². The van der Waals surface area contributed by atoms with Crippen LogP contribution in [0.25, 0.3) is 0 Å². The van der Waals surface area contributed by atoms with Crippen molar-refractivity contribution < 1.29 is 13.5 Å². The van der Waals surface area contributed by atoms with Crippen LogP contribution in [0.4, 0.5) is 5.69 Å². The fourth-order valence-corrected chi connectivity index (χ4v) is 3.20. The van der Waals surface area contributed by atoms with Gasteiger partial charge in [-0.15, -0.1) is 0 Å². The first kappa shape index (κ1) is 15.2. The van der Waals surface area contributed by atoms with Gasteiger partial charge in [0, 0.05) is 11.1 Å². The fraction of sp³-hybridized carbons (Fsp3) is 0.455. The van der Waals surface area contributed by atoms with Crippen molar-refractivity contribution in [2.75, 3.05) is 5.73 Å². The molecule has 102 valence electrons. The van der Waals surface area contributed by atoms with Crippen molar-refractivity contribution in [3.8, 4) is 0 Å². The lowest BCUT2D eigenvalue weighted by Crippen LogP contribution is -2.35. The highest BCUT2D eigenvalue weighted by atomic mass is 35.5. The van der Waals surface area contributed by atoms with Crippen molar-refractivity contribution in [2.24, 2.45) is 0 Å². The highest BCUT2D eigenvalue weighted by Gasteiger charge is 2.20. The summed E-state index contributed by atoms with van der Waals surface area (Å²) in [4.78, 5) is -0.00987. The van der Waals surface area contributed by atoms with Crippen LogP contribution >= 0.6 is 11.6 Å². The second-order valence-electron chi connectivity index (χ2n) is 4.29. The van der Waals surface area contributed by atoms with E-state index in [1.54, 1.807) is 13.8 Å². The van der Waals surface area contributed by atoms with E-state index in [0.717, 1.165) is 0 Å². The number of anilines is 1. The number of aliphatic hydroxyl groups is 1. The van der Waals surface area contributed by atoms with Gasteiger partial charge in [-0.25, -0.2) is 13.1 Å². The summed E-state index contributed by atoms with van der Waals surface area (Å²) in [5, 5.41) is 9.58. The van der Waals surface area contributed by atoms with E-state index in [-0.39, 0.29) is 16.6 Å². The predicted molar refractivity (Wildman–Crippen MR) is 71.9 cm³/mol. The predicted octanol–water partition coefficient (Wildman–Crippen LogP) is 1.36. The molecule has 0 fully saturated rings. The molecule has 7 heteroatoms. The zero-order valence-corrected chi connectivity index (χ0v) is 11.8. The molecule has 2 unspecified atom stereocenters. The SMILES string of the molecule is CC(O)CC(C)NS(=O)(=O)c1ccc(Cl)cc1N. The number of rotatable bonds is 5. The van der Waals surface area contributed by atoms with Crippen LogP contribution in [0.2, 0.25) is 5.02 Å². The number of nitrogens with one attached hydrogen (secondary N) is 1. The zero-order chi connectivity index (χ0) is 13.9. The number of nitrogen functional groups attached to an aromatic ring is 1. The average Bonchev–Trinajstić information content (AvgIpc) is 2.13. The minimum Gasteiger partial charge on any atom is -0.398 e. The number of aliphatic hydroxyl groups excluding tert-OH is 1. The summed E-state index contributed by atoms with van der Waals surface area (Å²) in [6.07, 6.45) is -0.252. The Morgan fingerprint density at radius 2 is 2.06 bits per heavy atom. The van der Waals surface area contributed by atoms with Crippen LogP contribution in [0.1, 0.15) is 20.3 Å². The standard InChI is InChI=1S/C11H17ClN2O3S/c1-7(5-8(2)15)14-18(16,17)11-4-3-9(12)6-10(11)13/h3-4,6-8,14-15H,5,13H2,1-2H3. The molecule has 0 radical (unpaired) electrons. The molecule has 0 aliphatic rings. The van der Waals surface area contributed by atoms with Gasteiger partial charge in [0.1, 0.15) is 4.90 Å². The van der Waals surface area contributed by atoms with Crippen LogP contribution in [-0.2, 0) is 10.0 Å². The Labute approximate surface area is 112 Å². The molecule has 4 N–H and O–H groups in total. The Hall–Kier alpha value is -0.820. The Bertz CT molecular complexity index is 517. The van der Waals surface area contributed by atoms with Gasteiger partial charge in [0.25, 0.3) is 0 Å². The fourth-order valence-electron chi connectivity index (χ4n) is 1.65. The van der Waals surface area contributed by atoms with Gasteiger partial charge >= 0.3 is 0 Å². The maximum atomic E-state index is 12.0. The number of benzene rings is 1. The number of hydrogen-bond donors (Lipinski definition) is 3. The number of hydrogen-bond acceptors (Lipinski definition) is 4. The molecular weight excluding hydrogens is 276 g/mol. The molecule has 1 aromatic rings. The van der Waals surface area contributed by atoms with Crippen LogP contribution < -0.4 is 10.5 Å². The summed E-state index contributed by atoms with van der Waals surface area (Å²) in [5.74, 6) is 0. The van der Waals surface area contributed by atoms with E-state index in [0.29, 0.717) is 11.4 Å². The van der Waals surface area contributed by atoms with Crippen LogP contribution in [0.5, 0.6) is 0 Å². The van der Waals surface area contributed by atoms with Gasteiger partial charge in [0.15, 0.2) is 0 Å². The van der Waals surface area contributed by atoms with Gasteiger partial charge in [-0.2, -0.15) is 0 Å². The Balaban J connectivity index is 2.93. The summed E-state index contributed by atoms with van der Waals surface area (Å²) in [7, 11) is -3.70. The van der Waals surface area contributed by atoms with Gasteiger partial charge in [-0.3, -0.25) is 0 Å². The molecular formula is C11H17ClN2O3S. The Morgan fingerprint density at radius 3 is 2.56 bits per heavy atom. The lowest BCUT2D eigenvalue weighted by molar-refractivity contribution is 0.175. The third-order valence-corrected chi connectivity index (χ3v) is 4.21. The Kier molecular flexibility index (Phi) is 4.98. The molecule has 0 saturated carbocycles. The number of nitrogens with two attached hydrogens (primary N) is 1. The van der Waals surface area contributed by atoms with Crippen LogP contribution in [0, 0.1) is 0 Å². The summed E-state index contributed by atoms with van der Waals surface area (Å²) in [6.45, 7) is 3.28. The van der Waals surface area contributed by atoms with E-state index in [2.05, 4.69) is 4.72 Å². The summed E-state index contributed by atoms with van der Waals surface area (Å²) < 4.78 is 26.5. The van der Waals surface area contributed by atoms with E-state index in [4.69, 9.17) is 17.3 Å². The van der Waals surface area contributed by atoms with Crippen LogP contribution in [0.3, 0.4) is 0 Å². The monoisotopic (exact) mass is 292 g/mol. The third kappa shape index (κ3) is 4.13. The lowest BCUT2D eigenvalue weighted by Gasteiger charge is -2.16. The number of sulfonamides is 1. The van der Waals surface area contributed by atoms with Gasteiger partial charge < -0.3 is 10.8 Å². The molecule has 1 rings (SSSR count). The summed E-state index contributed by atoms with van der Waals surface area (Å²) >= 11 is 5.71. The molecule has 0 aliphatic carbocycles. The van der Waals surface area contributed by atoms with Crippen LogP contribution in [0.15, 0.2) is 23.1 Å². The van der Waals surface area contributed by atoms with Crippen molar-refractivity contribution in [1.29, 1.82) is 0 Å². The van der Waals surface area contributed by atoms with Gasteiger partial charge in [0.05, 0.1) is 11.8 Å². The maximum Gasteiger partial charge on any atom is 0.242 e. The van der Waals surface area contributed by atoms with E-state index >= 15 is 0 Å². The molecule has 0 amide bonds. The molecule has 2 atom stereocenters. The first-order valence-electron chi connectivity index (χ1n) is 5.48. The molecule has 0 aromatic heterocycles. The van der Waals surface area contributed by atoms with E-state index in [1.165, 1.54) is 18.2 Å². The minimum atomic E-state index is -3.70. The molecule has 0 saturated heterocycles. The van der Waals surface area contributed by atoms with Gasteiger partial charge in [-0.1, -0.05) is 11.6 Å². The largest absolute Gasteiger partial charge is 0.398 e. The minimum absolute atomic E-state index is 0.00987. The smallest absolute Gasteiger partial charge is 0.242 e. The highest BCUT2D eigenvalue weighted by Crippen LogP contribution is 2.22. The lowest BCUT2D eigenvalue weighted by atomic mass is 10.2. The molecule has 18 heavy (non-hydrogen) atoms. The van der Waals surface area contributed by atoms with Crippen molar-refractivity contribution in [1.82, 2.24) is 4.72 Å². The second kappa shape index (κ2) is 5.88. The van der Waals surface area contributed by atoms with Crippen molar-refractivity contribution >= 4 is 27.3 Å². The normalized spacial score (nSPS) is 15.3. The molecule has 1 aromatic carbocycles. The van der Waals surface area contributed by atoms with Gasteiger partial charge in [-0.05, 0) is 38.5 Å². The Morgan fingerprint density at radius 1 is 1.44 bits per heavy atom. The quantitative estimate of drug-likeness (QED) is 0.715. The van der Waals surface area contributed by atoms with Crippen molar-refractivity contribution in [2.45, 2.75) is 37.3 Å². The molecule has 0 spiro atoms. The van der Waals surface area contributed by atoms with E-state index in [9.17, 15) is 13.5 Å². The zero-order valence-electron chi connectivity index (χ0n) is 10.2. The van der Waals surface area contributed by atoms with Crippen LogP contribution in [-0.4, -0.2) is 25.7 Å². The molecule has 5 nitrogen and oxygen atoms in total. The van der Waals surface area contributed by atoms with E-state index in [1.807, 2.05) is 0 Å². The molecule has 0 aliphatic heterocycles. The van der Waals surface area contributed by atoms with Crippen molar-refractivity contribution in [3.63, 3.8) is 0 Å². The number of halogens is 1. The summed E-state index contributed by atoms with van der Waals surface area (Å²) in [5.41, 5.74) is 5.73. The topological polar surface area (TPSA) is 92.4 Å². The van der Waals surface area contributed by atoms with Gasteiger partial charge in [0.2, 0.25) is 10.0 Å².